The number of nitrogens with one attached hydrogen (secondary N) is 2. The molecule has 0 radical (unpaired) electrons. The molecule has 3 N–H and O–H groups in total. The average Bonchev–Trinajstić information content (AvgIpc) is 3.16. The molecular formula is C20H33N3O4S. The van der Waals surface area contributed by atoms with Crippen molar-refractivity contribution in [2.24, 2.45) is 17.8 Å². The van der Waals surface area contributed by atoms with Crippen LogP contribution in [0, 0.1) is 17.8 Å². The molecule has 3 saturated heterocycles. The van der Waals surface area contributed by atoms with Crippen LogP contribution in [0.5, 0.6) is 0 Å². The molecule has 6 atom stereocenters. The van der Waals surface area contributed by atoms with Gasteiger partial charge >= 0.3 is 0 Å². The standard InChI is InChI=1S/C20H33N3O4S/c1-10(2)12(9-24)23-15(17(26)22-11(3)4)20-8-7-19(5,28-20)13(16(25)21-6)14(20)18(23)27/h10-15,24H,7-9H2,1-6H3,(H,21,25)(H,22,26)/t12-,13-,14-,15?,19+,20?/m0/s1. The Balaban J connectivity index is 2.13. The summed E-state index contributed by atoms with van der Waals surface area (Å²) in [5.74, 6) is -1.48. The number of carbonyl (C=O) groups excluding carboxylic acids is 3. The van der Waals surface area contributed by atoms with E-state index in [1.54, 1.807) is 23.7 Å². The summed E-state index contributed by atoms with van der Waals surface area (Å²) in [6, 6.07) is -1.18. The number of aliphatic hydroxyl groups is 1. The van der Waals surface area contributed by atoms with Crippen molar-refractivity contribution in [2.45, 2.75) is 75.1 Å². The number of nitrogens with zero attached hydrogens (tertiary/aromatic N) is 1. The molecule has 8 heteroatoms. The summed E-state index contributed by atoms with van der Waals surface area (Å²) in [4.78, 5) is 41.4. The van der Waals surface area contributed by atoms with Gasteiger partial charge in [0.2, 0.25) is 17.7 Å². The van der Waals surface area contributed by atoms with Gasteiger partial charge in [0.15, 0.2) is 0 Å². The highest BCUT2D eigenvalue weighted by molar-refractivity contribution is 8.02. The molecule has 158 valence electrons. The van der Waals surface area contributed by atoms with Crippen molar-refractivity contribution < 1.29 is 19.5 Å². The second kappa shape index (κ2) is 7.20. The Morgan fingerprint density at radius 1 is 1.25 bits per heavy atom. The quantitative estimate of drug-likeness (QED) is 0.599. The molecule has 0 aromatic carbocycles. The van der Waals surface area contributed by atoms with Crippen LogP contribution in [0.25, 0.3) is 0 Å². The summed E-state index contributed by atoms with van der Waals surface area (Å²) in [5, 5.41) is 15.8. The fourth-order valence-electron chi connectivity index (χ4n) is 5.56. The zero-order chi connectivity index (χ0) is 21.0. The second-order valence-corrected chi connectivity index (χ2v) is 11.1. The van der Waals surface area contributed by atoms with Gasteiger partial charge in [-0.25, -0.2) is 0 Å². The molecule has 3 heterocycles. The number of carbonyl (C=O) groups is 3. The zero-order valence-corrected chi connectivity index (χ0v) is 18.4. The molecule has 3 amide bonds. The van der Waals surface area contributed by atoms with Crippen molar-refractivity contribution in [3.05, 3.63) is 0 Å². The van der Waals surface area contributed by atoms with Crippen LogP contribution in [-0.4, -0.2) is 69.0 Å². The summed E-state index contributed by atoms with van der Waals surface area (Å²) < 4.78 is -0.973. The maximum Gasteiger partial charge on any atom is 0.244 e. The highest BCUT2D eigenvalue weighted by Gasteiger charge is 2.77. The summed E-state index contributed by atoms with van der Waals surface area (Å²) in [6.45, 7) is 9.52. The fourth-order valence-corrected chi connectivity index (χ4v) is 7.90. The Bertz CT molecular complexity index is 684. The Hall–Kier alpha value is -1.28. The number of amides is 3. The molecule has 3 rings (SSSR count). The second-order valence-electron chi connectivity index (χ2n) is 9.24. The number of fused-ring (bicyclic) bond motifs is 1. The molecule has 1 spiro atoms. The topological polar surface area (TPSA) is 98.7 Å². The minimum Gasteiger partial charge on any atom is -0.394 e. The third-order valence-corrected chi connectivity index (χ3v) is 8.72. The van der Waals surface area contributed by atoms with E-state index in [9.17, 15) is 19.5 Å². The first-order valence-corrected chi connectivity index (χ1v) is 11.0. The van der Waals surface area contributed by atoms with E-state index in [1.807, 2.05) is 34.6 Å². The van der Waals surface area contributed by atoms with E-state index in [0.717, 1.165) is 12.8 Å². The van der Waals surface area contributed by atoms with E-state index >= 15 is 0 Å². The Morgan fingerprint density at radius 2 is 1.89 bits per heavy atom. The predicted octanol–water partition coefficient (Wildman–Crippen LogP) is 0.755. The van der Waals surface area contributed by atoms with Crippen LogP contribution >= 0.6 is 11.8 Å². The van der Waals surface area contributed by atoms with E-state index in [0.29, 0.717) is 0 Å². The molecule has 2 unspecified atom stereocenters. The van der Waals surface area contributed by atoms with Crippen LogP contribution in [0.1, 0.15) is 47.5 Å². The SMILES string of the molecule is CNC(=O)[C@@H]1[C@H]2C(=O)N([C@@H](CO)C(C)C)C(C(=O)NC(C)C)C23CC[C@@]1(C)S3. The van der Waals surface area contributed by atoms with Gasteiger partial charge in [0.05, 0.1) is 29.2 Å². The molecule has 0 aromatic rings. The first-order valence-electron chi connectivity index (χ1n) is 10.2. The number of rotatable bonds is 6. The van der Waals surface area contributed by atoms with Gasteiger partial charge in [0.25, 0.3) is 0 Å². The van der Waals surface area contributed by atoms with Crippen molar-refractivity contribution in [3.8, 4) is 0 Å². The van der Waals surface area contributed by atoms with Crippen LogP contribution in [0.2, 0.25) is 0 Å². The minimum atomic E-state index is -0.673. The van der Waals surface area contributed by atoms with Gasteiger partial charge in [-0.05, 0) is 39.5 Å². The first kappa shape index (κ1) is 21.4. The van der Waals surface area contributed by atoms with E-state index < -0.39 is 28.7 Å². The van der Waals surface area contributed by atoms with Crippen LogP contribution in [0.15, 0.2) is 0 Å². The van der Waals surface area contributed by atoms with Gasteiger partial charge in [-0.3, -0.25) is 14.4 Å². The third kappa shape index (κ3) is 2.86. The molecule has 3 fully saturated rings. The molecular weight excluding hydrogens is 378 g/mol. The van der Waals surface area contributed by atoms with Gasteiger partial charge in [-0.2, -0.15) is 0 Å². The lowest BCUT2D eigenvalue weighted by Gasteiger charge is -2.38. The molecule has 7 nitrogen and oxygen atoms in total. The minimum absolute atomic E-state index is 0.00485. The number of thioether (sulfide) groups is 1. The van der Waals surface area contributed by atoms with Crippen molar-refractivity contribution in [2.75, 3.05) is 13.7 Å². The molecule has 3 aliphatic heterocycles. The van der Waals surface area contributed by atoms with E-state index in [1.165, 1.54) is 0 Å². The van der Waals surface area contributed by atoms with Gasteiger partial charge in [-0.1, -0.05) is 13.8 Å². The lowest BCUT2D eigenvalue weighted by molar-refractivity contribution is -0.144. The molecule has 2 bridgehead atoms. The third-order valence-electron chi connectivity index (χ3n) is 6.74. The maximum absolute atomic E-state index is 13.7. The lowest BCUT2D eigenvalue weighted by Crippen LogP contribution is -2.58. The van der Waals surface area contributed by atoms with Gasteiger partial charge in [0.1, 0.15) is 6.04 Å². The normalized spacial score (nSPS) is 37.5. The Kier molecular flexibility index (Phi) is 5.51. The van der Waals surface area contributed by atoms with Gasteiger partial charge in [0, 0.05) is 17.8 Å². The molecule has 0 aromatic heterocycles. The van der Waals surface area contributed by atoms with Crippen LogP contribution in [-0.2, 0) is 14.4 Å². The van der Waals surface area contributed by atoms with Crippen molar-refractivity contribution in [3.63, 3.8) is 0 Å². The number of hydrogen-bond donors (Lipinski definition) is 3. The van der Waals surface area contributed by atoms with Crippen molar-refractivity contribution >= 4 is 29.5 Å². The Labute approximate surface area is 171 Å². The molecule has 0 saturated carbocycles. The summed E-state index contributed by atoms with van der Waals surface area (Å²) in [5.41, 5.74) is 0. The number of aliphatic hydroxyl groups excluding tert-OH is 1. The van der Waals surface area contributed by atoms with Gasteiger partial charge in [-0.15, -0.1) is 11.8 Å². The first-order chi connectivity index (χ1) is 13.0. The number of hydrogen-bond acceptors (Lipinski definition) is 5. The van der Waals surface area contributed by atoms with E-state index in [4.69, 9.17) is 0 Å². The lowest BCUT2D eigenvalue weighted by atomic mass is 9.66. The smallest absolute Gasteiger partial charge is 0.244 e. The highest BCUT2D eigenvalue weighted by atomic mass is 32.2. The fraction of sp³-hybridized carbons (Fsp3) is 0.850. The van der Waals surface area contributed by atoms with Crippen LogP contribution < -0.4 is 10.6 Å². The average molecular weight is 412 g/mol. The van der Waals surface area contributed by atoms with Crippen LogP contribution in [0.3, 0.4) is 0 Å². The summed E-state index contributed by atoms with van der Waals surface area (Å²) >= 11 is 1.65. The predicted molar refractivity (Wildman–Crippen MR) is 109 cm³/mol. The maximum atomic E-state index is 13.7. The molecule has 0 aliphatic carbocycles. The Morgan fingerprint density at radius 3 is 2.39 bits per heavy atom. The number of likely N-dealkylation sites (tertiary alicyclic amines) is 1. The van der Waals surface area contributed by atoms with Crippen molar-refractivity contribution in [1.29, 1.82) is 0 Å². The zero-order valence-electron chi connectivity index (χ0n) is 17.6. The monoisotopic (exact) mass is 411 g/mol. The molecule has 3 aliphatic rings. The molecule has 28 heavy (non-hydrogen) atoms. The van der Waals surface area contributed by atoms with Gasteiger partial charge < -0.3 is 20.6 Å². The summed E-state index contributed by atoms with van der Waals surface area (Å²) in [6.07, 6.45) is 1.52. The van der Waals surface area contributed by atoms with Crippen LogP contribution in [0.4, 0.5) is 0 Å². The van der Waals surface area contributed by atoms with E-state index in [-0.39, 0.29) is 41.0 Å². The van der Waals surface area contributed by atoms with Crippen molar-refractivity contribution in [1.82, 2.24) is 15.5 Å². The largest absolute Gasteiger partial charge is 0.394 e. The van der Waals surface area contributed by atoms with E-state index in [2.05, 4.69) is 10.6 Å². The summed E-state index contributed by atoms with van der Waals surface area (Å²) in [7, 11) is 1.60. The highest BCUT2D eigenvalue weighted by Crippen LogP contribution is 2.71.